The molecule has 1 heterocycles. The average Bonchev–Trinajstić information content (AvgIpc) is 2.39. The highest BCUT2D eigenvalue weighted by Crippen LogP contribution is 2.14. The molecule has 1 N–H and O–H groups in total. The maximum atomic E-state index is 13.1. The van der Waals surface area contributed by atoms with Gasteiger partial charge in [-0.1, -0.05) is 12.1 Å². The van der Waals surface area contributed by atoms with E-state index in [-0.39, 0.29) is 17.8 Å². The number of hydrogen-bond donors (Lipinski definition) is 1. The fraction of sp³-hybridized carbons (Fsp3) is 0.143. The van der Waals surface area contributed by atoms with Gasteiger partial charge in [0.25, 0.3) is 5.91 Å². The minimum atomic E-state index is -0.310. The van der Waals surface area contributed by atoms with Gasteiger partial charge in [0, 0.05) is 12.4 Å². The number of rotatable bonds is 3. The Morgan fingerprint density at radius 3 is 2.83 bits per heavy atom. The summed E-state index contributed by atoms with van der Waals surface area (Å²) in [5, 5.41) is 2.79. The van der Waals surface area contributed by atoms with Gasteiger partial charge in [-0.15, -0.1) is 0 Å². The van der Waals surface area contributed by atoms with Gasteiger partial charge < -0.3 is 5.32 Å². The quantitative estimate of drug-likeness (QED) is 0.902. The molecule has 1 aromatic carbocycles. The third-order valence-electron chi connectivity index (χ3n) is 2.62. The van der Waals surface area contributed by atoms with E-state index in [1.54, 1.807) is 30.5 Å². The van der Waals surface area contributed by atoms with Crippen molar-refractivity contribution in [3.8, 4) is 0 Å². The van der Waals surface area contributed by atoms with Crippen molar-refractivity contribution in [2.24, 2.45) is 0 Å². The SMILES string of the molecule is CC(NC(=O)c1cccnc1)c1cccc(F)c1. The number of pyridine rings is 1. The zero-order valence-corrected chi connectivity index (χ0v) is 9.93. The van der Waals surface area contributed by atoms with Gasteiger partial charge in [-0.05, 0) is 36.8 Å². The first-order chi connectivity index (χ1) is 8.66. The third-order valence-corrected chi connectivity index (χ3v) is 2.62. The minimum Gasteiger partial charge on any atom is -0.345 e. The second-order valence-electron chi connectivity index (χ2n) is 3.99. The van der Waals surface area contributed by atoms with Crippen LogP contribution in [0.4, 0.5) is 4.39 Å². The average molecular weight is 244 g/mol. The smallest absolute Gasteiger partial charge is 0.253 e. The molecule has 92 valence electrons. The summed E-state index contributed by atoms with van der Waals surface area (Å²) in [7, 11) is 0. The van der Waals surface area contributed by atoms with E-state index in [1.165, 1.54) is 18.3 Å². The summed E-state index contributed by atoms with van der Waals surface area (Å²) in [6.45, 7) is 1.81. The molecule has 0 aliphatic rings. The second kappa shape index (κ2) is 5.40. The lowest BCUT2D eigenvalue weighted by Gasteiger charge is -2.14. The van der Waals surface area contributed by atoms with Gasteiger partial charge in [-0.25, -0.2) is 4.39 Å². The Bertz CT molecular complexity index is 543. The molecule has 4 heteroatoms. The van der Waals surface area contributed by atoms with Crippen LogP contribution in [0.2, 0.25) is 0 Å². The second-order valence-corrected chi connectivity index (χ2v) is 3.99. The summed E-state index contributed by atoms with van der Waals surface area (Å²) in [6.07, 6.45) is 3.10. The molecule has 0 aliphatic heterocycles. The highest BCUT2D eigenvalue weighted by Gasteiger charge is 2.11. The van der Waals surface area contributed by atoms with Gasteiger partial charge in [0.05, 0.1) is 11.6 Å². The van der Waals surface area contributed by atoms with E-state index in [4.69, 9.17) is 0 Å². The van der Waals surface area contributed by atoms with Crippen molar-refractivity contribution >= 4 is 5.91 Å². The lowest BCUT2D eigenvalue weighted by molar-refractivity contribution is 0.0939. The molecule has 0 fully saturated rings. The van der Waals surface area contributed by atoms with Crippen molar-refractivity contribution < 1.29 is 9.18 Å². The zero-order valence-electron chi connectivity index (χ0n) is 9.93. The number of hydrogen-bond acceptors (Lipinski definition) is 2. The Hall–Kier alpha value is -2.23. The summed E-state index contributed by atoms with van der Waals surface area (Å²) in [5.41, 5.74) is 1.22. The molecular formula is C14H13FN2O. The van der Waals surface area contributed by atoms with Gasteiger partial charge >= 0.3 is 0 Å². The standard InChI is InChI=1S/C14H13FN2O/c1-10(11-4-2-6-13(15)8-11)17-14(18)12-5-3-7-16-9-12/h2-10H,1H3,(H,17,18). The Morgan fingerprint density at radius 1 is 1.33 bits per heavy atom. The van der Waals surface area contributed by atoms with Crippen LogP contribution in [0.15, 0.2) is 48.8 Å². The first-order valence-corrected chi connectivity index (χ1v) is 5.63. The lowest BCUT2D eigenvalue weighted by Crippen LogP contribution is -2.26. The lowest BCUT2D eigenvalue weighted by atomic mass is 10.1. The molecule has 0 aliphatic carbocycles. The van der Waals surface area contributed by atoms with E-state index >= 15 is 0 Å². The highest BCUT2D eigenvalue weighted by atomic mass is 19.1. The van der Waals surface area contributed by atoms with Crippen LogP contribution in [0.25, 0.3) is 0 Å². The largest absolute Gasteiger partial charge is 0.345 e. The van der Waals surface area contributed by atoms with Crippen molar-refractivity contribution in [3.63, 3.8) is 0 Å². The first kappa shape index (κ1) is 12.2. The van der Waals surface area contributed by atoms with Crippen LogP contribution in [0.1, 0.15) is 28.9 Å². The topological polar surface area (TPSA) is 42.0 Å². The summed E-state index contributed by atoms with van der Waals surface area (Å²) in [6, 6.07) is 9.30. The molecule has 0 saturated heterocycles. The van der Waals surface area contributed by atoms with E-state index in [9.17, 15) is 9.18 Å². The van der Waals surface area contributed by atoms with Crippen molar-refractivity contribution in [2.75, 3.05) is 0 Å². The molecule has 2 aromatic rings. The molecule has 18 heavy (non-hydrogen) atoms. The van der Waals surface area contributed by atoms with Crippen LogP contribution in [0, 0.1) is 5.82 Å². The Balaban J connectivity index is 2.08. The number of carbonyl (C=O) groups excluding carboxylic acids is 1. The van der Waals surface area contributed by atoms with Crippen LogP contribution in [-0.4, -0.2) is 10.9 Å². The van der Waals surface area contributed by atoms with Crippen LogP contribution < -0.4 is 5.32 Å². The molecule has 0 spiro atoms. The maximum Gasteiger partial charge on any atom is 0.253 e. The Morgan fingerprint density at radius 2 is 2.17 bits per heavy atom. The monoisotopic (exact) mass is 244 g/mol. The highest BCUT2D eigenvalue weighted by molar-refractivity contribution is 5.94. The van der Waals surface area contributed by atoms with Gasteiger partial charge in [0.15, 0.2) is 0 Å². The number of nitrogens with zero attached hydrogens (tertiary/aromatic N) is 1. The molecule has 1 atom stereocenters. The summed E-state index contributed by atoms with van der Waals surface area (Å²) >= 11 is 0. The number of benzene rings is 1. The molecule has 0 saturated carbocycles. The van der Waals surface area contributed by atoms with Crippen molar-refractivity contribution in [3.05, 3.63) is 65.7 Å². The normalized spacial score (nSPS) is 11.9. The van der Waals surface area contributed by atoms with Crippen molar-refractivity contribution in [2.45, 2.75) is 13.0 Å². The molecule has 1 amide bonds. The predicted octanol–water partition coefficient (Wildman–Crippen LogP) is 2.71. The van der Waals surface area contributed by atoms with Gasteiger partial charge in [-0.2, -0.15) is 0 Å². The van der Waals surface area contributed by atoms with Crippen LogP contribution >= 0.6 is 0 Å². The van der Waals surface area contributed by atoms with Crippen LogP contribution in [0.5, 0.6) is 0 Å². The number of carbonyl (C=O) groups is 1. The third kappa shape index (κ3) is 2.91. The molecule has 1 aromatic heterocycles. The first-order valence-electron chi connectivity index (χ1n) is 5.63. The maximum absolute atomic E-state index is 13.1. The van der Waals surface area contributed by atoms with E-state index in [2.05, 4.69) is 10.3 Å². The minimum absolute atomic E-state index is 0.222. The molecule has 1 unspecified atom stereocenters. The van der Waals surface area contributed by atoms with Gasteiger partial charge in [0.2, 0.25) is 0 Å². The predicted molar refractivity (Wildman–Crippen MR) is 66.5 cm³/mol. The van der Waals surface area contributed by atoms with E-state index in [1.807, 2.05) is 6.92 Å². The Labute approximate surface area is 105 Å². The van der Waals surface area contributed by atoms with Crippen molar-refractivity contribution in [1.29, 1.82) is 0 Å². The van der Waals surface area contributed by atoms with Gasteiger partial charge in [0.1, 0.15) is 5.82 Å². The number of halogens is 1. The Kier molecular flexibility index (Phi) is 3.67. The molecule has 3 nitrogen and oxygen atoms in total. The van der Waals surface area contributed by atoms with E-state index in [0.29, 0.717) is 5.56 Å². The zero-order chi connectivity index (χ0) is 13.0. The molecule has 0 bridgehead atoms. The van der Waals surface area contributed by atoms with Crippen molar-refractivity contribution in [1.82, 2.24) is 10.3 Å². The summed E-state index contributed by atoms with van der Waals surface area (Å²) in [4.78, 5) is 15.7. The number of nitrogens with one attached hydrogen (secondary N) is 1. The summed E-state index contributed by atoms with van der Waals surface area (Å²) in [5.74, 6) is -0.533. The fourth-order valence-corrected chi connectivity index (χ4v) is 1.64. The number of aromatic nitrogens is 1. The number of amides is 1. The van der Waals surface area contributed by atoms with E-state index < -0.39 is 0 Å². The summed E-state index contributed by atoms with van der Waals surface area (Å²) < 4.78 is 13.1. The fourth-order valence-electron chi connectivity index (χ4n) is 1.64. The molecule has 2 rings (SSSR count). The molecule has 0 radical (unpaired) electrons. The molecular weight excluding hydrogens is 231 g/mol. The van der Waals surface area contributed by atoms with E-state index in [0.717, 1.165) is 5.56 Å². The van der Waals surface area contributed by atoms with Crippen LogP contribution in [0.3, 0.4) is 0 Å². The van der Waals surface area contributed by atoms with Crippen LogP contribution in [-0.2, 0) is 0 Å². The van der Waals surface area contributed by atoms with Gasteiger partial charge in [-0.3, -0.25) is 9.78 Å².